The number of ether oxygens (including phenoxy) is 1. The van der Waals surface area contributed by atoms with Crippen molar-refractivity contribution in [2.75, 3.05) is 6.61 Å². The van der Waals surface area contributed by atoms with E-state index >= 15 is 0 Å². The van der Waals surface area contributed by atoms with E-state index in [4.69, 9.17) is 9.15 Å². The fourth-order valence-electron chi connectivity index (χ4n) is 3.19. The van der Waals surface area contributed by atoms with E-state index in [1.54, 1.807) is 6.92 Å². The van der Waals surface area contributed by atoms with Crippen LogP contribution in [0.1, 0.15) is 28.4 Å². The van der Waals surface area contributed by atoms with Crippen LogP contribution in [0.5, 0.6) is 0 Å². The lowest BCUT2D eigenvalue weighted by Crippen LogP contribution is -2.07. The maximum atomic E-state index is 13.0. The van der Waals surface area contributed by atoms with Crippen LogP contribution in [-0.4, -0.2) is 12.6 Å². The van der Waals surface area contributed by atoms with E-state index in [2.05, 4.69) is 11.8 Å². The predicted molar refractivity (Wildman–Crippen MR) is 118 cm³/mol. The van der Waals surface area contributed by atoms with Crippen molar-refractivity contribution in [3.8, 4) is 34.5 Å². The third kappa shape index (κ3) is 4.04. The number of rotatable bonds is 4. The number of carbonyl (C=O) groups is 1. The minimum absolute atomic E-state index is 0.268. The van der Waals surface area contributed by atoms with Gasteiger partial charge in [-0.3, -0.25) is 0 Å². The summed E-state index contributed by atoms with van der Waals surface area (Å²) in [5, 5.41) is 0. The van der Waals surface area contributed by atoms with Gasteiger partial charge in [0, 0.05) is 16.7 Å². The molecule has 0 atom stereocenters. The fraction of sp³-hybridized carbons (Fsp3) is 0.0741. The molecule has 30 heavy (non-hydrogen) atoms. The van der Waals surface area contributed by atoms with E-state index in [1.807, 2.05) is 91.0 Å². The number of hydrogen-bond acceptors (Lipinski definition) is 3. The van der Waals surface area contributed by atoms with Crippen molar-refractivity contribution < 1.29 is 13.9 Å². The van der Waals surface area contributed by atoms with Gasteiger partial charge in [0.2, 0.25) is 0 Å². The average molecular weight is 392 g/mol. The van der Waals surface area contributed by atoms with Crippen LogP contribution >= 0.6 is 0 Å². The smallest absolute Gasteiger partial charge is 0.343 e. The topological polar surface area (TPSA) is 39.4 Å². The molecular formula is C27H20O3. The highest BCUT2D eigenvalue weighted by molar-refractivity contribution is 6.01. The molecule has 0 aliphatic heterocycles. The van der Waals surface area contributed by atoms with Gasteiger partial charge in [-0.1, -0.05) is 90.7 Å². The summed E-state index contributed by atoms with van der Waals surface area (Å²) in [6.45, 7) is 2.05. The van der Waals surface area contributed by atoms with Crippen LogP contribution in [0.3, 0.4) is 0 Å². The van der Waals surface area contributed by atoms with Crippen molar-refractivity contribution in [1.29, 1.82) is 0 Å². The second-order valence-corrected chi connectivity index (χ2v) is 6.58. The highest BCUT2D eigenvalue weighted by Gasteiger charge is 2.27. The lowest BCUT2D eigenvalue weighted by Gasteiger charge is -2.03. The van der Waals surface area contributed by atoms with Crippen molar-refractivity contribution in [3.05, 3.63) is 108 Å². The third-order valence-corrected chi connectivity index (χ3v) is 4.57. The second-order valence-electron chi connectivity index (χ2n) is 6.58. The van der Waals surface area contributed by atoms with Crippen molar-refractivity contribution in [2.45, 2.75) is 6.92 Å². The maximum absolute atomic E-state index is 13.0. The maximum Gasteiger partial charge on any atom is 0.343 e. The Morgan fingerprint density at radius 2 is 1.30 bits per heavy atom. The number of esters is 1. The highest BCUT2D eigenvalue weighted by Crippen LogP contribution is 2.37. The molecule has 0 aliphatic carbocycles. The average Bonchev–Trinajstić information content (AvgIpc) is 3.19. The van der Waals surface area contributed by atoms with Gasteiger partial charge in [-0.15, -0.1) is 0 Å². The van der Waals surface area contributed by atoms with Crippen LogP contribution in [-0.2, 0) is 4.74 Å². The molecule has 0 bridgehead atoms. The first-order valence-electron chi connectivity index (χ1n) is 9.79. The molecule has 3 heteroatoms. The van der Waals surface area contributed by atoms with E-state index in [0.29, 0.717) is 22.6 Å². The number of benzene rings is 3. The van der Waals surface area contributed by atoms with Crippen molar-refractivity contribution in [2.24, 2.45) is 0 Å². The third-order valence-electron chi connectivity index (χ3n) is 4.57. The molecule has 4 rings (SSSR count). The first-order valence-corrected chi connectivity index (χ1v) is 9.79. The van der Waals surface area contributed by atoms with E-state index in [0.717, 1.165) is 16.7 Å². The Balaban J connectivity index is 1.98. The molecule has 0 saturated carbocycles. The molecule has 3 nitrogen and oxygen atoms in total. The molecule has 1 heterocycles. The van der Waals surface area contributed by atoms with Crippen LogP contribution in [0, 0.1) is 11.8 Å². The lowest BCUT2D eigenvalue weighted by atomic mass is 10.0. The molecule has 0 amide bonds. The summed E-state index contributed by atoms with van der Waals surface area (Å²) < 4.78 is 11.6. The summed E-state index contributed by atoms with van der Waals surface area (Å²) in [4.78, 5) is 13.0. The van der Waals surface area contributed by atoms with E-state index in [1.165, 1.54) is 0 Å². The van der Waals surface area contributed by atoms with Gasteiger partial charge < -0.3 is 9.15 Å². The molecule has 0 aliphatic rings. The van der Waals surface area contributed by atoms with Crippen LogP contribution in [0.15, 0.2) is 95.4 Å². The van der Waals surface area contributed by atoms with Gasteiger partial charge in [-0.05, 0) is 19.1 Å². The molecule has 3 aromatic carbocycles. The largest absolute Gasteiger partial charge is 0.462 e. The van der Waals surface area contributed by atoms with Crippen molar-refractivity contribution in [1.82, 2.24) is 0 Å². The van der Waals surface area contributed by atoms with Gasteiger partial charge in [0.25, 0.3) is 0 Å². The Bertz CT molecular complexity index is 1190. The van der Waals surface area contributed by atoms with Crippen LogP contribution < -0.4 is 0 Å². The monoisotopic (exact) mass is 392 g/mol. The van der Waals surface area contributed by atoms with Crippen molar-refractivity contribution in [3.63, 3.8) is 0 Å². The number of furan rings is 1. The fourth-order valence-corrected chi connectivity index (χ4v) is 3.19. The number of carbonyl (C=O) groups excluding carboxylic acids is 1. The summed E-state index contributed by atoms with van der Waals surface area (Å²) in [5.74, 6) is 6.91. The number of hydrogen-bond donors (Lipinski definition) is 0. The summed E-state index contributed by atoms with van der Waals surface area (Å²) in [6, 6.07) is 28.9. The zero-order valence-corrected chi connectivity index (χ0v) is 16.6. The van der Waals surface area contributed by atoms with E-state index in [-0.39, 0.29) is 6.61 Å². The van der Waals surface area contributed by atoms with Gasteiger partial charge in [-0.25, -0.2) is 4.79 Å². The Kier molecular flexibility index (Phi) is 5.78. The SMILES string of the molecule is CCOC(=O)c1c(-c2ccccc2)oc(-c2ccccc2)c1C#Cc1ccccc1. The Hall–Kier alpha value is -4.03. The zero-order valence-electron chi connectivity index (χ0n) is 16.6. The highest BCUT2D eigenvalue weighted by atomic mass is 16.5. The molecule has 0 saturated heterocycles. The quantitative estimate of drug-likeness (QED) is 0.307. The molecule has 0 unspecified atom stereocenters. The van der Waals surface area contributed by atoms with E-state index < -0.39 is 5.97 Å². The molecule has 1 aromatic heterocycles. The van der Waals surface area contributed by atoms with E-state index in [9.17, 15) is 4.79 Å². The lowest BCUT2D eigenvalue weighted by molar-refractivity contribution is 0.0526. The van der Waals surface area contributed by atoms with Gasteiger partial charge in [0.05, 0.1) is 12.2 Å². The Labute approximate surface area is 175 Å². The molecule has 4 aromatic rings. The molecule has 0 fully saturated rings. The second kappa shape index (κ2) is 8.98. The first-order chi connectivity index (χ1) is 14.8. The normalized spacial score (nSPS) is 10.2. The van der Waals surface area contributed by atoms with Gasteiger partial charge >= 0.3 is 5.97 Å². The minimum atomic E-state index is -0.445. The first kappa shape index (κ1) is 19.3. The zero-order chi connectivity index (χ0) is 20.8. The standard InChI is InChI=1S/C27H20O3/c1-2-29-27(28)24-23(19-18-20-12-6-3-7-13-20)25(21-14-8-4-9-15-21)30-26(24)22-16-10-5-11-17-22/h3-17H,2H2,1H3. The van der Waals surface area contributed by atoms with Gasteiger partial charge in [0.15, 0.2) is 11.5 Å². The van der Waals surface area contributed by atoms with Gasteiger partial charge in [0.1, 0.15) is 5.56 Å². The predicted octanol–water partition coefficient (Wildman–Crippen LogP) is 6.19. The summed E-state index contributed by atoms with van der Waals surface area (Å²) >= 11 is 0. The minimum Gasteiger partial charge on any atom is -0.462 e. The van der Waals surface area contributed by atoms with Gasteiger partial charge in [-0.2, -0.15) is 0 Å². The van der Waals surface area contributed by atoms with Crippen LogP contribution in [0.2, 0.25) is 0 Å². The van der Waals surface area contributed by atoms with Crippen LogP contribution in [0.4, 0.5) is 0 Å². The Morgan fingerprint density at radius 1 is 0.767 bits per heavy atom. The van der Waals surface area contributed by atoms with Crippen molar-refractivity contribution >= 4 is 5.97 Å². The molecule has 0 spiro atoms. The molecule has 146 valence electrons. The summed E-state index contributed by atoms with van der Waals surface area (Å²) in [6.07, 6.45) is 0. The molecule has 0 N–H and O–H groups in total. The summed E-state index contributed by atoms with van der Waals surface area (Å²) in [5.41, 5.74) is 3.38. The Morgan fingerprint density at radius 3 is 1.87 bits per heavy atom. The van der Waals surface area contributed by atoms with Crippen LogP contribution in [0.25, 0.3) is 22.6 Å². The molecule has 0 radical (unpaired) electrons. The summed E-state index contributed by atoms with van der Waals surface area (Å²) in [7, 11) is 0. The molecular weight excluding hydrogens is 372 g/mol.